The molecule has 0 saturated carbocycles. The van der Waals surface area contributed by atoms with Crippen LogP contribution >= 0.6 is 12.6 Å². The Hall–Kier alpha value is -0.940. The van der Waals surface area contributed by atoms with Crippen LogP contribution < -0.4 is 0 Å². The zero-order valence-corrected chi connectivity index (χ0v) is 10.8. The highest BCUT2D eigenvalue weighted by Gasteiger charge is 2.39. The fourth-order valence-electron chi connectivity index (χ4n) is 2.12. The van der Waals surface area contributed by atoms with Gasteiger partial charge >= 0.3 is 5.97 Å². The first-order valence-electron chi connectivity index (χ1n) is 5.61. The Bertz CT molecular complexity index is 430. The largest absolute Gasteiger partial charge is 0.478 e. The Labute approximate surface area is 105 Å². The van der Waals surface area contributed by atoms with Gasteiger partial charge < -0.3 is 14.3 Å². The van der Waals surface area contributed by atoms with Gasteiger partial charge in [0, 0.05) is 6.61 Å². The van der Waals surface area contributed by atoms with Gasteiger partial charge in [-0.3, -0.25) is 0 Å². The van der Waals surface area contributed by atoms with Gasteiger partial charge in [-0.1, -0.05) is 0 Å². The number of carbonyl (C=O) groups is 1. The lowest BCUT2D eigenvalue weighted by Crippen LogP contribution is -2.30. The van der Waals surface area contributed by atoms with Crippen molar-refractivity contribution in [2.75, 3.05) is 6.61 Å². The highest BCUT2D eigenvalue weighted by atomic mass is 32.1. The number of furan rings is 1. The number of thiol groups is 1. The summed E-state index contributed by atoms with van der Waals surface area (Å²) in [6.45, 7) is 4.27. The van der Waals surface area contributed by atoms with E-state index in [4.69, 9.17) is 14.3 Å². The summed E-state index contributed by atoms with van der Waals surface area (Å²) >= 11 is 4.59. The number of ether oxygens (including phenoxy) is 1. The average Bonchev–Trinajstić information content (AvgIpc) is 2.84. The maximum Gasteiger partial charge on any atom is 0.339 e. The number of hydrogen-bond donors (Lipinski definition) is 2. The molecule has 1 aliphatic heterocycles. The predicted molar refractivity (Wildman–Crippen MR) is 65.7 cm³/mol. The molecule has 1 aromatic heterocycles. The van der Waals surface area contributed by atoms with Gasteiger partial charge in [0.2, 0.25) is 0 Å². The summed E-state index contributed by atoms with van der Waals surface area (Å²) in [6.07, 6.45) is 1.90. The van der Waals surface area contributed by atoms with Crippen molar-refractivity contribution in [1.29, 1.82) is 0 Å². The summed E-state index contributed by atoms with van der Waals surface area (Å²) in [5, 5.41) is 8.99. The van der Waals surface area contributed by atoms with Crippen LogP contribution in [0.25, 0.3) is 0 Å². The number of aromatic carboxylic acids is 1. The Morgan fingerprint density at radius 1 is 1.65 bits per heavy atom. The van der Waals surface area contributed by atoms with Crippen LogP contribution in [0, 0.1) is 6.92 Å². The fraction of sp³-hybridized carbons (Fsp3) is 0.583. The van der Waals surface area contributed by atoms with Crippen LogP contribution in [0.1, 0.15) is 41.6 Å². The molecule has 2 atom stereocenters. The van der Waals surface area contributed by atoms with E-state index in [-0.39, 0.29) is 11.7 Å². The smallest absolute Gasteiger partial charge is 0.339 e. The number of rotatable bonds is 3. The third-order valence-corrected chi connectivity index (χ3v) is 3.71. The molecule has 2 rings (SSSR count). The summed E-state index contributed by atoms with van der Waals surface area (Å²) in [6, 6.07) is 1.55. The number of aryl methyl sites for hydroxylation is 1. The molecular formula is C12H16O4S. The van der Waals surface area contributed by atoms with E-state index in [0.29, 0.717) is 11.5 Å². The minimum absolute atomic E-state index is 0.0296. The van der Waals surface area contributed by atoms with Crippen molar-refractivity contribution in [1.82, 2.24) is 0 Å². The fourth-order valence-corrected chi connectivity index (χ4v) is 2.44. The Morgan fingerprint density at radius 3 is 2.82 bits per heavy atom. The predicted octanol–water partition coefficient (Wildman–Crippen LogP) is 2.61. The SMILES string of the molecule is Cc1oc(C(C)(S)C2CCCO2)cc1C(=O)O. The molecule has 2 unspecified atom stereocenters. The standard InChI is InChI=1S/C12H16O4S/c1-7-8(11(13)14)6-10(16-7)12(2,17)9-4-3-5-15-9/h6,9,17H,3-5H2,1-2H3,(H,13,14). The third-order valence-electron chi connectivity index (χ3n) is 3.20. The first-order valence-corrected chi connectivity index (χ1v) is 6.06. The number of carboxylic acid groups (broad SMARTS) is 1. The van der Waals surface area contributed by atoms with Gasteiger partial charge in [0.1, 0.15) is 17.1 Å². The molecule has 0 spiro atoms. The van der Waals surface area contributed by atoms with Crippen LogP contribution in [0.15, 0.2) is 10.5 Å². The Kier molecular flexibility index (Phi) is 3.23. The van der Waals surface area contributed by atoms with E-state index in [0.717, 1.165) is 19.4 Å². The second-order valence-electron chi connectivity index (χ2n) is 4.53. The highest BCUT2D eigenvalue weighted by molar-refractivity contribution is 7.81. The van der Waals surface area contributed by atoms with Gasteiger partial charge in [0.05, 0.1) is 10.9 Å². The quantitative estimate of drug-likeness (QED) is 0.816. The van der Waals surface area contributed by atoms with Crippen LogP contribution in [0.4, 0.5) is 0 Å². The topological polar surface area (TPSA) is 59.7 Å². The van der Waals surface area contributed by atoms with Crippen molar-refractivity contribution in [3.63, 3.8) is 0 Å². The first kappa shape index (κ1) is 12.5. The maximum absolute atomic E-state index is 11.0. The lowest BCUT2D eigenvalue weighted by atomic mass is 9.97. The molecule has 1 aliphatic rings. The van der Waals surface area contributed by atoms with Gasteiger partial charge in [0.15, 0.2) is 0 Å². The lowest BCUT2D eigenvalue weighted by Gasteiger charge is -2.27. The minimum Gasteiger partial charge on any atom is -0.478 e. The van der Waals surface area contributed by atoms with Crippen molar-refractivity contribution in [3.05, 3.63) is 23.2 Å². The van der Waals surface area contributed by atoms with Gasteiger partial charge in [-0.05, 0) is 32.8 Å². The van der Waals surface area contributed by atoms with Gasteiger partial charge in [-0.2, -0.15) is 12.6 Å². The zero-order chi connectivity index (χ0) is 12.6. The number of carboxylic acids is 1. The molecule has 4 nitrogen and oxygen atoms in total. The summed E-state index contributed by atoms with van der Waals surface area (Å²) in [4.78, 5) is 11.0. The third kappa shape index (κ3) is 2.21. The second-order valence-corrected chi connectivity index (χ2v) is 5.46. The molecule has 94 valence electrons. The molecule has 1 fully saturated rings. The molecule has 0 bridgehead atoms. The molecule has 0 aromatic carbocycles. The van der Waals surface area contributed by atoms with Crippen LogP contribution in [-0.2, 0) is 9.48 Å². The van der Waals surface area contributed by atoms with E-state index >= 15 is 0 Å². The van der Waals surface area contributed by atoms with Crippen molar-refractivity contribution >= 4 is 18.6 Å². The Morgan fingerprint density at radius 2 is 2.35 bits per heavy atom. The Balaban J connectivity index is 2.32. The van der Waals surface area contributed by atoms with Crippen molar-refractivity contribution in [2.24, 2.45) is 0 Å². The van der Waals surface area contributed by atoms with Crippen LogP contribution in [0.5, 0.6) is 0 Å². The molecule has 5 heteroatoms. The monoisotopic (exact) mass is 256 g/mol. The summed E-state index contributed by atoms with van der Waals surface area (Å²) in [5.74, 6) is -0.0117. The van der Waals surface area contributed by atoms with E-state index in [2.05, 4.69) is 12.6 Å². The average molecular weight is 256 g/mol. The van der Waals surface area contributed by atoms with Crippen LogP contribution in [-0.4, -0.2) is 23.8 Å². The van der Waals surface area contributed by atoms with Crippen molar-refractivity contribution in [3.8, 4) is 0 Å². The highest BCUT2D eigenvalue weighted by Crippen LogP contribution is 2.39. The van der Waals surface area contributed by atoms with Gasteiger partial charge in [-0.15, -0.1) is 0 Å². The van der Waals surface area contributed by atoms with E-state index < -0.39 is 10.7 Å². The minimum atomic E-state index is -0.978. The molecule has 1 aromatic rings. The van der Waals surface area contributed by atoms with E-state index in [1.54, 1.807) is 13.0 Å². The second kappa shape index (κ2) is 4.38. The van der Waals surface area contributed by atoms with Crippen LogP contribution in [0.3, 0.4) is 0 Å². The molecule has 0 aliphatic carbocycles. The summed E-state index contributed by atoms with van der Waals surface area (Å²) in [5.41, 5.74) is 0.193. The van der Waals surface area contributed by atoms with Gasteiger partial charge in [0.25, 0.3) is 0 Å². The maximum atomic E-state index is 11.0. The van der Waals surface area contributed by atoms with Gasteiger partial charge in [-0.25, -0.2) is 4.79 Å². The zero-order valence-electron chi connectivity index (χ0n) is 9.90. The van der Waals surface area contributed by atoms with Crippen molar-refractivity contribution < 1.29 is 19.1 Å². The summed E-state index contributed by atoms with van der Waals surface area (Å²) < 4.78 is 10.5. The van der Waals surface area contributed by atoms with Crippen molar-refractivity contribution in [2.45, 2.75) is 37.5 Å². The summed E-state index contributed by atoms with van der Waals surface area (Å²) in [7, 11) is 0. The lowest BCUT2D eigenvalue weighted by molar-refractivity contribution is 0.0695. The molecule has 1 N–H and O–H groups in total. The normalized spacial score (nSPS) is 23.6. The van der Waals surface area contributed by atoms with E-state index in [1.165, 1.54) is 0 Å². The first-order chi connectivity index (χ1) is 7.93. The molecular weight excluding hydrogens is 240 g/mol. The molecule has 0 radical (unpaired) electrons. The molecule has 1 saturated heterocycles. The molecule has 2 heterocycles. The molecule has 17 heavy (non-hydrogen) atoms. The number of hydrogen-bond acceptors (Lipinski definition) is 4. The molecule has 0 amide bonds. The van der Waals surface area contributed by atoms with E-state index in [9.17, 15) is 4.79 Å². The van der Waals surface area contributed by atoms with Crippen LogP contribution in [0.2, 0.25) is 0 Å². The van der Waals surface area contributed by atoms with E-state index in [1.807, 2.05) is 6.92 Å².